The fourth-order valence-corrected chi connectivity index (χ4v) is 3.79. The molecule has 2 aliphatic rings. The summed E-state index contributed by atoms with van der Waals surface area (Å²) in [6.07, 6.45) is 0.969. The first-order chi connectivity index (χ1) is 12.3. The molecule has 27 heavy (non-hydrogen) atoms. The van der Waals surface area contributed by atoms with Crippen LogP contribution in [-0.4, -0.2) is 43.5 Å². The van der Waals surface area contributed by atoms with Gasteiger partial charge in [-0.25, -0.2) is 0 Å². The monoisotopic (exact) mass is 412 g/mol. The molecule has 0 unspecified atom stereocenters. The van der Waals surface area contributed by atoms with Gasteiger partial charge in [-0.05, 0) is 30.7 Å². The first-order valence-electron chi connectivity index (χ1n) is 8.78. The van der Waals surface area contributed by atoms with Crippen LogP contribution < -0.4 is 14.8 Å². The third-order valence-electron chi connectivity index (χ3n) is 5.23. The zero-order valence-corrected chi connectivity index (χ0v) is 16.9. The Morgan fingerprint density at radius 1 is 1.15 bits per heavy atom. The number of halogens is 2. The van der Waals surface area contributed by atoms with E-state index in [-0.39, 0.29) is 43.5 Å². The van der Waals surface area contributed by atoms with E-state index in [1.807, 2.05) is 36.4 Å². The van der Waals surface area contributed by atoms with Crippen molar-refractivity contribution in [2.75, 3.05) is 33.5 Å². The molecule has 0 amide bonds. The molecule has 0 saturated carbocycles. The summed E-state index contributed by atoms with van der Waals surface area (Å²) in [6.45, 7) is 2.14. The minimum absolute atomic E-state index is 0. The molecule has 2 heterocycles. The Labute approximate surface area is 172 Å². The second-order valence-corrected chi connectivity index (χ2v) is 6.67. The van der Waals surface area contributed by atoms with Crippen molar-refractivity contribution in [2.45, 2.75) is 18.5 Å². The number of aliphatic hydroxyl groups is 1. The molecule has 7 heteroatoms. The molecule has 0 bridgehead atoms. The molecule has 2 aromatic carbocycles. The first-order valence-corrected chi connectivity index (χ1v) is 8.78. The van der Waals surface area contributed by atoms with Gasteiger partial charge in [0.05, 0.1) is 12.6 Å². The van der Waals surface area contributed by atoms with Gasteiger partial charge in [0, 0.05) is 24.7 Å². The van der Waals surface area contributed by atoms with Crippen LogP contribution in [0.4, 0.5) is 0 Å². The fraction of sp³-hybridized carbons (Fsp3) is 0.400. The number of nitrogens with zero attached hydrogens (tertiary/aromatic N) is 1. The molecule has 0 aromatic heterocycles. The summed E-state index contributed by atoms with van der Waals surface area (Å²) in [7, 11) is 2.15. The summed E-state index contributed by atoms with van der Waals surface area (Å²) in [5, 5.41) is 13.3. The van der Waals surface area contributed by atoms with E-state index >= 15 is 0 Å². The van der Waals surface area contributed by atoms with E-state index in [0.29, 0.717) is 6.79 Å². The maximum atomic E-state index is 9.78. The average Bonchev–Trinajstić information content (AvgIpc) is 3.13. The molecular weight excluding hydrogens is 387 g/mol. The van der Waals surface area contributed by atoms with Crippen LogP contribution in [0, 0.1) is 0 Å². The van der Waals surface area contributed by atoms with E-state index in [9.17, 15) is 5.11 Å². The lowest BCUT2D eigenvalue weighted by atomic mass is 9.91. The summed E-state index contributed by atoms with van der Waals surface area (Å²) < 4.78 is 11.2. The first kappa shape index (κ1) is 21.8. The summed E-state index contributed by atoms with van der Waals surface area (Å²) in [6, 6.07) is 14.4. The normalized spacial score (nSPS) is 18.8. The molecule has 2 N–H and O–H groups in total. The number of hydrogen-bond donors (Lipinski definition) is 2. The molecule has 4 rings (SSSR count). The SMILES string of the molecule is CN1CCc2c(ccc3c2OCO3)[C@@H]1CN[C@@H](CO)c1ccccc1.Cl.Cl. The van der Waals surface area contributed by atoms with Crippen molar-refractivity contribution < 1.29 is 14.6 Å². The number of aliphatic hydroxyl groups excluding tert-OH is 1. The van der Waals surface area contributed by atoms with E-state index in [0.717, 1.165) is 36.6 Å². The lowest BCUT2D eigenvalue weighted by Crippen LogP contribution is -2.40. The number of ether oxygens (including phenoxy) is 2. The van der Waals surface area contributed by atoms with E-state index in [1.165, 1.54) is 11.1 Å². The van der Waals surface area contributed by atoms with Crippen LogP contribution in [0.15, 0.2) is 42.5 Å². The third kappa shape index (κ3) is 4.33. The Balaban J connectivity index is 0.00000131. The Morgan fingerprint density at radius 2 is 1.93 bits per heavy atom. The summed E-state index contributed by atoms with van der Waals surface area (Å²) in [5.41, 5.74) is 3.66. The lowest BCUT2D eigenvalue weighted by molar-refractivity contribution is 0.170. The molecule has 2 aromatic rings. The number of hydrogen-bond acceptors (Lipinski definition) is 5. The second kappa shape index (κ2) is 9.62. The quantitative estimate of drug-likeness (QED) is 0.789. The smallest absolute Gasteiger partial charge is 0.231 e. The Morgan fingerprint density at radius 3 is 2.67 bits per heavy atom. The standard InChI is InChI=1S/C20H24N2O3.2ClH/c1-22-10-9-16-15(7-8-19-20(16)25-13-24-19)18(22)11-21-17(12-23)14-5-3-2-4-6-14;;/h2-8,17-18,21,23H,9-13H2,1H3;2*1H/t17-,18-;;/m0../s1. The number of benzene rings is 2. The van der Waals surface area contributed by atoms with Gasteiger partial charge < -0.3 is 19.9 Å². The molecular formula is C20H26Cl2N2O3. The lowest BCUT2D eigenvalue weighted by Gasteiger charge is -2.36. The number of likely N-dealkylation sites (N-methyl/N-ethyl adjacent to an activating group) is 1. The van der Waals surface area contributed by atoms with Gasteiger partial charge in [-0.3, -0.25) is 4.90 Å². The van der Waals surface area contributed by atoms with Gasteiger partial charge in [-0.1, -0.05) is 36.4 Å². The molecule has 5 nitrogen and oxygen atoms in total. The molecule has 148 valence electrons. The van der Waals surface area contributed by atoms with Gasteiger partial charge in [-0.2, -0.15) is 0 Å². The highest BCUT2D eigenvalue weighted by Crippen LogP contribution is 2.42. The summed E-state index contributed by atoms with van der Waals surface area (Å²) in [4.78, 5) is 2.36. The fourth-order valence-electron chi connectivity index (χ4n) is 3.79. The van der Waals surface area contributed by atoms with Crippen molar-refractivity contribution in [2.24, 2.45) is 0 Å². The van der Waals surface area contributed by atoms with Crippen molar-refractivity contribution in [1.82, 2.24) is 10.2 Å². The van der Waals surface area contributed by atoms with Gasteiger partial charge in [0.1, 0.15) is 0 Å². The summed E-state index contributed by atoms with van der Waals surface area (Å²) >= 11 is 0. The van der Waals surface area contributed by atoms with Gasteiger partial charge in [0.15, 0.2) is 11.5 Å². The predicted molar refractivity (Wildman–Crippen MR) is 110 cm³/mol. The van der Waals surface area contributed by atoms with Crippen LogP contribution in [0.1, 0.15) is 28.8 Å². The Kier molecular flexibility index (Phi) is 7.77. The summed E-state index contributed by atoms with van der Waals surface area (Å²) in [5.74, 6) is 1.77. The average molecular weight is 413 g/mol. The number of nitrogens with one attached hydrogen (secondary N) is 1. The van der Waals surface area contributed by atoms with Crippen LogP contribution in [0.2, 0.25) is 0 Å². The minimum atomic E-state index is -0.0611. The van der Waals surface area contributed by atoms with E-state index in [2.05, 4.69) is 23.3 Å². The third-order valence-corrected chi connectivity index (χ3v) is 5.23. The van der Waals surface area contributed by atoms with Gasteiger partial charge in [-0.15, -0.1) is 24.8 Å². The molecule has 0 radical (unpaired) electrons. The van der Waals surface area contributed by atoms with E-state index in [4.69, 9.17) is 9.47 Å². The molecule has 2 aliphatic heterocycles. The van der Waals surface area contributed by atoms with Crippen LogP contribution in [0.3, 0.4) is 0 Å². The topological polar surface area (TPSA) is 54.0 Å². The predicted octanol–water partition coefficient (Wildman–Crippen LogP) is 3.11. The zero-order chi connectivity index (χ0) is 17.2. The molecule has 0 fully saturated rings. The van der Waals surface area contributed by atoms with Crippen LogP contribution in [-0.2, 0) is 6.42 Å². The van der Waals surface area contributed by atoms with Crippen molar-refractivity contribution in [3.05, 3.63) is 59.2 Å². The van der Waals surface area contributed by atoms with Crippen molar-refractivity contribution in [3.63, 3.8) is 0 Å². The Hall–Kier alpha value is -1.50. The van der Waals surface area contributed by atoms with Gasteiger partial charge >= 0.3 is 0 Å². The Bertz CT molecular complexity index is 746. The van der Waals surface area contributed by atoms with Crippen molar-refractivity contribution in [3.8, 4) is 11.5 Å². The number of fused-ring (bicyclic) bond motifs is 3. The highest BCUT2D eigenvalue weighted by molar-refractivity contribution is 5.85. The van der Waals surface area contributed by atoms with Crippen molar-refractivity contribution >= 4 is 24.8 Å². The van der Waals surface area contributed by atoms with Crippen LogP contribution in [0.5, 0.6) is 11.5 Å². The van der Waals surface area contributed by atoms with Crippen molar-refractivity contribution in [1.29, 1.82) is 0 Å². The minimum Gasteiger partial charge on any atom is -0.454 e. The largest absolute Gasteiger partial charge is 0.454 e. The second-order valence-electron chi connectivity index (χ2n) is 6.67. The van der Waals surface area contributed by atoms with Crippen LogP contribution in [0.25, 0.3) is 0 Å². The molecule has 0 spiro atoms. The van der Waals surface area contributed by atoms with Gasteiger partial charge in [0.25, 0.3) is 0 Å². The van der Waals surface area contributed by atoms with E-state index in [1.54, 1.807) is 0 Å². The van der Waals surface area contributed by atoms with Crippen LogP contribution >= 0.6 is 24.8 Å². The zero-order valence-electron chi connectivity index (χ0n) is 15.3. The maximum absolute atomic E-state index is 9.78. The molecule has 0 aliphatic carbocycles. The molecule has 2 atom stereocenters. The highest BCUT2D eigenvalue weighted by Gasteiger charge is 2.30. The van der Waals surface area contributed by atoms with E-state index < -0.39 is 0 Å². The molecule has 0 saturated heterocycles. The maximum Gasteiger partial charge on any atom is 0.231 e. The number of rotatable bonds is 5. The highest BCUT2D eigenvalue weighted by atomic mass is 35.5. The van der Waals surface area contributed by atoms with Gasteiger partial charge in [0.2, 0.25) is 6.79 Å².